The molecule has 0 bridgehead atoms. The number of hydrogen-bond donors (Lipinski definition) is 0. The fourth-order valence-electron chi connectivity index (χ4n) is 1.18. The van der Waals surface area contributed by atoms with Crippen LogP contribution in [0.4, 0.5) is 0 Å². The molecule has 0 unspecified atom stereocenters. The van der Waals surface area contributed by atoms with Crippen molar-refractivity contribution in [3.8, 4) is 0 Å². The molecule has 0 aromatic carbocycles. The Morgan fingerprint density at radius 3 is 2.46 bits per heavy atom. The summed E-state index contributed by atoms with van der Waals surface area (Å²) in [5.41, 5.74) is 0.785. The van der Waals surface area contributed by atoms with Gasteiger partial charge in [0.1, 0.15) is 6.54 Å². The zero-order valence-electron chi connectivity index (χ0n) is 8.29. The Hall–Kier alpha value is -1.18. The van der Waals surface area contributed by atoms with E-state index in [9.17, 15) is 4.79 Å². The molecule has 0 aliphatic rings. The summed E-state index contributed by atoms with van der Waals surface area (Å²) in [5, 5.41) is 0. The average molecular weight is 178 g/mol. The monoisotopic (exact) mass is 178 g/mol. The smallest absolute Gasteiger partial charge is 0.169 e. The van der Waals surface area contributed by atoms with E-state index in [0.29, 0.717) is 0 Å². The van der Waals surface area contributed by atoms with Crippen molar-refractivity contribution in [1.29, 1.82) is 0 Å². The summed E-state index contributed by atoms with van der Waals surface area (Å²) in [6.07, 6.45) is 6.31. The lowest BCUT2D eigenvalue weighted by Gasteiger charge is -1.95. The lowest BCUT2D eigenvalue weighted by molar-refractivity contribution is -0.697. The molecule has 0 saturated heterocycles. The summed E-state index contributed by atoms with van der Waals surface area (Å²) in [4.78, 5) is 11.0. The number of rotatable bonds is 4. The first-order chi connectivity index (χ1) is 6.24. The molecule has 1 heterocycles. The number of nitrogens with zero attached hydrogens (tertiary/aromatic N) is 1. The van der Waals surface area contributed by atoms with Crippen molar-refractivity contribution in [3.05, 3.63) is 30.1 Å². The maximum Gasteiger partial charge on any atom is 0.169 e. The van der Waals surface area contributed by atoms with Crippen molar-refractivity contribution in [2.24, 2.45) is 0 Å². The van der Waals surface area contributed by atoms with Gasteiger partial charge in [0.25, 0.3) is 0 Å². The van der Waals surface area contributed by atoms with E-state index in [2.05, 4.69) is 11.5 Å². The van der Waals surface area contributed by atoms with Gasteiger partial charge in [0.2, 0.25) is 0 Å². The van der Waals surface area contributed by atoms with Gasteiger partial charge in [-0.3, -0.25) is 4.79 Å². The van der Waals surface area contributed by atoms with Crippen LogP contribution in [-0.4, -0.2) is 5.78 Å². The Morgan fingerprint density at radius 1 is 1.38 bits per heavy atom. The van der Waals surface area contributed by atoms with Crippen molar-refractivity contribution in [3.63, 3.8) is 0 Å². The number of pyridine rings is 1. The van der Waals surface area contributed by atoms with Gasteiger partial charge in [-0.1, -0.05) is 13.3 Å². The standard InChI is InChI=1S/C11H16NO/c1-3-4-7-12-8-5-11(6-9-12)10(2)13/h5-6,8-9H,3-4,7H2,1-2H3/q+1. The van der Waals surface area contributed by atoms with Gasteiger partial charge in [0.15, 0.2) is 18.2 Å². The van der Waals surface area contributed by atoms with E-state index in [1.54, 1.807) is 6.92 Å². The zero-order valence-corrected chi connectivity index (χ0v) is 8.29. The molecule has 0 aliphatic heterocycles. The molecule has 13 heavy (non-hydrogen) atoms. The summed E-state index contributed by atoms with van der Waals surface area (Å²) in [5.74, 6) is 0.127. The van der Waals surface area contributed by atoms with Crippen molar-refractivity contribution in [2.75, 3.05) is 0 Å². The topological polar surface area (TPSA) is 20.9 Å². The molecule has 0 radical (unpaired) electrons. The molecule has 2 nitrogen and oxygen atoms in total. The number of aromatic nitrogens is 1. The van der Waals surface area contributed by atoms with Gasteiger partial charge < -0.3 is 0 Å². The van der Waals surface area contributed by atoms with Crippen LogP contribution >= 0.6 is 0 Å². The van der Waals surface area contributed by atoms with Crippen LogP contribution in [0.25, 0.3) is 0 Å². The number of aryl methyl sites for hydroxylation is 1. The Labute approximate surface area is 79.2 Å². The summed E-state index contributed by atoms with van der Waals surface area (Å²) < 4.78 is 2.11. The third-order valence-electron chi connectivity index (χ3n) is 2.07. The van der Waals surface area contributed by atoms with Crippen LogP contribution in [0.3, 0.4) is 0 Å². The summed E-state index contributed by atoms with van der Waals surface area (Å²) in [7, 11) is 0. The van der Waals surface area contributed by atoms with E-state index >= 15 is 0 Å². The summed E-state index contributed by atoms with van der Waals surface area (Å²) in [6.45, 7) is 4.80. The number of hydrogen-bond acceptors (Lipinski definition) is 1. The Bertz CT molecular complexity index is 277. The SMILES string of the molecule is CCCC[n+]1ccc(C(C)=O)cc1. The second-order valence-corrected chi connectivity index (χ2v) is 3.23. The number of unbranched alkanes of at least 4 members (excludes halogenated alkanes) is 1. The minimum absolute atomic E-state index is 0.127. The number of Topliss-reactive ketones (excluding diaryl/α,β-unsaturated/α-hetero) is 1. The van der Waals surface area contributed by atoms with Crippen LogP contribution in [0.5, 0.6) is 0 Å². The summed E-state index contributed by atoms with van der Waals surface area (Å²) >= 11 is 0. The van der Waals surface area contributed by atoms with Gasteiger partial charge in [-0.25, -0.2) is 4.57 Å². The molecule has 1 aromatic rings. The number of carbonyl (C=O) groups is 1. The molecule has 0 amide bonds. The Balaban J connectivity index is 2.64. The molecule has 0 fully saturated rings. The summed E-state index contributed by atoms with van der Waals surface area (Å²) in [6, 6.07) is 3.75. The maximum atomic E-state index is 11.0. The first-order valence-corrected chi connectivity index (χ1v) is 4.74. The van der Waals surface area contributed by atoms with E-state index < -0.39 is 0 Å². The highest BCUT2D eigenvalue weighted by atomic mass is 16.1. The minimum atomic E-state index is 0.127. The highest BCUT2D eigenvalue weighted by molar-refractivity contribution is 5.93. The van der Waals surface area contributed by atoms with Gasteiger partial charge in [0.05, 0.1) is 0 Å². The van der Waals surface area contributed by atoms with E-state index in [4.69, 9.17) is 0 Å². The van der Waals surface area contributed by atoms with Gasteiger partial charge in [-0.2, -0.15) is 0 Å². The lowest BCUT2D eigenvalue weighted by Crippen LogP contribution is -2.32. The molecule has 70 valence electrons. The highest BCUT2D eigenvalue weighted by Gasteiger charge is 2.02. The molecule has 0 N–H and O–H groups in total. The van der Waals surface area contributed by atoms with Gasteiger partial charge in [0, 0.05) is 24.1 Å². The second kappa shape index (κ2) is 4.75. The average Bonchev–Trinajstić information content (AvgIpc) is 2.15. The van der Waals surface area contributed by atoms with Crippen LogP contribution in [0.1, 0.15) is 37.0 Å². The normalized spacial score (nSPS) is 10.0. The highest BCUT2D eigenvalue weighted by Crippen LogP contribution is 1.96. The van der Waals surface area contributed by atoms with Crippen LogP contribution < -0.4 is 4.57 Å². The predicted octanol–water partition coefficient (Wildman–Crippen LogP) is 1.98. The predicted molar refractivity (Wildman–Crippen MR) is 51.5 cm³/mol. The zero-order chi connectivity index (χ0) is 9.68. The molecule has 0 aliphatic carbocycles. The molecule has 0 atom stereocenters. The molecule has 0 spiro atoms. The van der Waals surface area contributed by atoms with Crippen molar-refractivity contribution >= 4 is 5.78 Å². The number of carbonyl (C=O) groups excluding carboxylic acids is 1. The first kappa shape index (κ1) is 9.90. The quantitative estimate of drug-likeness (QED) is 0.510. The second-order valence-electron chi connectivity index (χ2n) is 3.23. The molecular formula is C11H16NO+. The molecule has 1 rings (SSSR count). The van der Waals surface area contributed by atoms with Crippen LogP contribution in [0, 0.1) is 0 Å². The van der Waals surface area contributed by atoms with E-state index in [1.807, 2.05) is 24.5 Å². The first-order valence-electron chi connectivity index (χ1n) is 4.74. The molecule has 0 saturated carbocycles. The largest absolute Gasteiger partial charge is 0.295 e. The number of ketones is 1. The van der Waals surface area contributed by atoms with E-state index in [1.165, 1.54) is 12.8 Å². The Morgan fingerprint density at radius 2 is 2.00 bits per heavy atom. The third kappa shape index (κ3) is 2.98. The van der Waals surface area contributed by atoms with Crippen molar-refractivity contribution < 1.29 is 9.36 Å². The van der Waals surface area contributed by atoms with Crippen molar-refractivity contribution in [2.45, 2.75) is 33.2 Å². The molecule has 2 heteroatoms. The van der Waals surface area contributed by atoms with Gasteiger partial charge in [-0.05, 0) is 6.92 Å². The fourth-order valence-corrected chi connectivity index (χ4v) is 1.18. The van der Waals surface area contributed by atoms with Crippen LogP contribution in [0.2, 0.25) is 0 Å². The van der Waals surface area contributed by atoms with E-state index in [-0.39, 0.29) is 5.78 Å². The van der Waals surface area contributed by atoms with Crippen LogP contribution in [-0.2, 0) is 6.54 Å². The lowest BCUT2D eigenvalue weighted by atomic mass is 10.2. The van der Waals surface area contributed by atoms with Crippen molar-refractivity contribution in [1.82, 2.24) is 0 Å². The minimum Gasteiger partial charge on any atom is -0.295 e. The Kier molecular flexibility index (Phi) is 3.62. The van der Waals surface area contributed by atoms with Gasteiger partial charge in [-0.15, -0.1) is 0 Å². The van der Waals surface area contributed by atoms with E-state index in [0.717, 1.165) is 12.1 Å². The maximum absolute atomic E-state index is 11.0. The molecule has 1 aromatic heterocycles. The molecular weight excluding hydrogens is 162 g/mol. The van der Waals surface area contributed by atoms with Crippen LogP contribution in [0.15, 0.2) is 24.5 Å². The fraction of sp³-hybridized carbons (Fsp3) is 0.455. The third-order valence-corrected chi connectivity index (χ3v) is 2.07. The van der Waals surface area contributed by atoms with Gasteiger partial charge >= 0.3 is 0 Å².